The summed E-state index contributed by atoms with van der Waals surface area (Å²) < 4.78 is 16.0. The van der Waals surface area contributed by atoms with Gasteiger partial charge < -0.3 is 29.5 Å². The summed E-state index contributed by atoms with van der Waals surface area (Å²) in [5.41, 5.74) is 0.874. The Balaban J connectivity index is 1.88. The van der Waals surface area contributed by atoms with Gasteiger partial charge in [0.05, 0.1) is 7.11 Å². The smallest absolute Gasteiger partial charge is 0.322 e. The van der Waals surface area contributed by atoms with Crippen LogP contribution in [0.2, 0.25) is 0 Å². The fraction of sp³-hybridized carbons (Fsp3) is 0.462. The van der Waals surface area contributed by atoms with Gasteiger partial charge in [0.1, 0.15) is 6.04 Å². The normalized spacial score (nSPS) is 20.9. The van der Waals surface area contributed by atoms with Crippen molar-refractivity contribution in [2.24, 2.45) is 0 Å². The van der Waals surface area contributed by atoms with Gasteiger partial charge in [0.25, 0.3) is 0 Å². The van der Waals surface area contributed by atoms with E-state index < -0.39 is 12.0 Å². The molecule has 2 N–H and O–H groups in total. The van der Waals surface area contributed by atoms with Crippen molar-refractivity contribution in [1.29, 1.82) is 0 Å². The van der Waals surface area contributed by atoms with E-state index in [9.17, 15) is 4.79 Å². The third-order valence-electron chi connectivity index (χ3n) is 3.48. The van der Waals surface area contributed by atoms with Crippen LogP contribution < -0.4 is 24.4 Å². The number of benzene rings is 1. The lowest BCUT2D eigenvalue weighted by atomic mass is 10.1. The first-order valence-corrected chi connectivity index (χ1v) is 6.38. The lowest BCUT2D eigenvalue weighted by Gasteiger charge is -2.33. The molecule has 2 aliphatic rings. The molecule has 7 heteroatoms. The molecule has 0 saturated carbocycles. The molecule has 0 radical (unpaired) electrons. The quantitative estimate of drug-likeness (QED) is 0.823. The number of aliphatic carboxylic acids is 1. The van der Waals surface area contributed by atoms with Gasteiger partial charge in [-0.15, -0.1) is 0 Å². The van der Waals surface area contributed by atoms with E-state index in [1.807, 2.05) is 17.0 Å². The van der Waals surface area contributed by atoms with Crippen LogP contribution in [0, 0.1) is 0 Å². The predicted molar refractivity (Wildman–Crippen MR) is 70.8 cm³/mol. The minimum Gasteiger partial charge on any atom is -0.493 e. The summed E-state index contributed by atoms with van der Waals surface area (Å²) in [6.45, 7) is 1.92. The topological polar surface area (TPSA) is 80.3 Å². The van der Waals surface area contributed by atoms with Crippen LogP contribution in [0.15, 0.2) is 12.1 Å². The first-order valence-electron chi connectivity index (χ1n) is 6.38. The summed E-state index contributed by atoms with van der Waals surface area (Å²) in [6.07, 6.45) is 0. The van der Waals surface area contributed by atoms with E-state index in [1.165, 1.54) is 0 Å². The highest BCUT2D eigenvalue weighted by atomic mass is 16.7. The second-order valence-corrected chi connectivity index (χ2v) is 4.67. The molecule has 0 amide bonds. The molecule has 108 valence electrons. The third-order valence-corrected chi connectivity index (χ3v) is 3.48. The maximum absolute atomic E-state index is 11.1. The highest BCUT2D eigenvalue weighted by Crippen LogP contribution is 2.44. The van der Waals surface area contributed by atoms with Gasteiger partial charge in [-0.1, -0.05) is 0 Å². The number of rotatable bonds is 3. The minimum absolute atomic E-state index is 0.175. The first-order chi connectivity index (χ1) is 9.69. The molecule has 1 fully saturated rings. The van der Waals surface area contributed by atoms with Gasteiger partial charge in [-0.25, -0.2) is 0 Å². The van der Waals surface area contributed by atoms with Crippen LogP contribution in [0.25, 0.3) is 0 Å². The van der Waals surface area contributed by atoms with Gasteiger partial charge in [0, 0.05) is 37.5 Å². The molecule has 1 aromatic rings. The van der Waals surface area contributed by atoms with Crippen molar-refractivity contribution in [2.75, 3.05) is 38.4 Å². The number of ether oxygens (including phenoxy) is 3. The van der Waals surface area contributed by atoms with Crippen LogP contribution in [-0.2, 0) is 4.79 Å². The summed E-state index contributed by atoms with van der Waals surface area (Å²) in [5.74, 6) is 0.980. The zero-order chi connectivity index (χ0) is 14.1. The Morgan fingerprint density at radius 2 is 2.35 bits per heavy atom. The van der Waals surface area contributed by atoms with E-state index in [4.69, 9.17) is 19.3 Å². The summed E-state index contributed by atoms with van der Waals surface area (Å²) in [5, 5.41) is 12.1. The molecule has 0 aromatic heterocycles. The molecule has 20 heavy (non-hydrogen) atoms. The van der Waals surface area contributed by atoms with E-state index in [2.05, 4.69) is 5.32 Å². The second-order valence-electron chi connectivity index (χ2n) is 4.67. The van der Waals surface area contributed by atoms with Crippen LogP contribution in [0.5, 0.6) is 17.2 Å². The van der Waals surface area contributed by atoms with Gasteiger partial charge in [0.2, 0.25) is 12.5 Å². The molecule has 3 rings (SSSR count). The maximum Gasteiger partial charge on any atom is 0.322 e. The van der Waals surface area contributed by atoms with Crippen molar-refractivity contribution in [3.63, 3.8) is 0 Å². The number of nitrogens with zero attached hydrogens (tertiary/aromatic N) is 1. The Morgan fingerprint density at radius 3 is 3.10 bits per heavy atom. The Morgan fingerprint density at radius 1 is 1.50 bits per heavy atom. The first kappa shape index (κ1) is 12.9. The summed E-state index contributed by atoms with van der Waals surface area (Å²) in [7, 11) is 1.57. The Bertz CT molecular complexity index is 534. The van der Waals surface area contributed by atoms with Crippen molar-refractivity contribution in [3.05, 3.63) is 12.1 Å². The molecule has 2 aliphatic heterocycles. The van der Waals surface area contributed by atoms with Gasteiger partial charge in [-0.3, -0.25) is 4.79 Å². The lowest BCUT2D eigenvalue weighted by molar-refractivity contribution is -0.139. The van der Waals surface area contributed by atoms with Crippen molar-refractivity contribution >= 4 is 11.7 Å². The van der Waals surface area contributed by atoms with Gasteiger partial charge in [-0.05, 0) is 0 Å². The number of hydrogen-bond acceptors (Lipinski definition) is 6. The van der Waals surface area contributed by atoms with Crippen LogP contribution in [0.4, 0.5) is 5.69 Å². The van der Waals surface area contributed by atoms with Gasteiger partial charge in [0.15, 0.2) is 11.5 Å². The van der Waals surface area contributed by atoms with Crippen LogP contribution in [0.1, 0.15) is 0 Å². The highest BCUT2D eigenvalue weighted by Gasteiger charge is 2.27. The number of methoxy groups -OCH3 is 1. The molecule has 0 aliphatic carbocycles. The number of piperazine rings is 1. The third kappa shape index (κ3) is 2.20. The monoisotopic (exact) mass is 280 g/mol. The molecule has 0 bridgehead atoms. The van der Waals surface area contributed by atoms with Crippen molar-refractivity contribution in [1.82, 2.24) is 5.32 Å². The highest BCUT2D eigenvalue weighted by molar-refractivity contribution is 5.75. The molecule has 0 spiro atoms. The molecule has 2 heterocycles. The van der Waals surface area contributed by atoms with E-state index in [1.54, 1.807) is 7.11 Å². The van der Waals surface area contributed by atoms with E-state index in [0.29, 0.717) is 30.3 Å². The minimum atomic E-state index is -0.845. The standard InChI is InChI=1S/C13H16N2O5/c1-18-10-4-8(5-11-12(10)20-7-19-11)15-3-2-14-9(6-15)13(16)17/h4-5,9,14H,2-3,6-7H2,1H3,(H,16,17). The van der Waals surface area contributed by atoms with Crippen LogP contribution in [0.3, 0.4) is 0 Å². The largest absolute Gasteiger partial charge is 0.493 e. The summed E-state index contributed by atoms with van der Waals surface area (Å²) in [6, 6.07) is 3.13. The average Bonchev–Trinajstić information content (AvgIpc) is 2.94. The summed E-state index contributed by atoms with van der Waals surface area (Å²) >= 11 is 0. The molecule has 1 aromatic carbocycles. The Labute approximate surface area is 116 Å². The molecular weight excluding hydrogens is 264 g/mol. The molecule has 1 atom stereocenters. The van der Waals surface area contributed by atoms with E-state index in [-0.39, 0.29) is 6.79 Å². The van der Waals surface area contributed by atoms with E-state index >= 15 is 0 Å². The Kier molecular flexibility index (Phi) is 3.27. The number of carboxylic acid groups (broad SMARTS) is 1. The summed E-state index contributed by atoms with van der Waals surface area (Å²) in [4.78, 5) is 13.1. The number of fused-ring (bicyclic) bond motifs is 1. The predicted octanol–water partition coefficient (Wildman–Crippen LogP) is 0.287. The van der Waals surface area contributed by atoms with Crippen molar-refractivity contribution < 1.29 is 24.1 Å². The van der Waals surface area contributed by atoms with Crippen molar-refractivity contribution in [3.8, 4) is 17.2 Å². The average molecular weight is 280 g/mol. The van der Waals surface area contributed by atoms with Gasteiger partial charge in [-0.2, -0.15) is 0 Å². The van der Waals surface area contributed by atoms with Gasteiger partial charge >= 0.3 is 5.97 Å². The fourth-order valence-corrected chi connectivity index (χ4v) is 2.45. The van der Waals surface area contributed by atoms with Crippen LogP contribution >= 0.6 is 0 Å². The molecular formula is C13H16N2O5. The number of carbonyl (C=O) groups is 1. The zero-order valence-electron chi connectivity index (χ0n) is 11.1. The molecule has 1 saturated heterocycles. The number of carboxylic acids is 1. The molecule has 7 nitrogen and oxygen atoms in total. The maximum atomic E-state index is 11.1. The fourth-order valence-electron chi connectivity index (χ4n) is 2.45. The number of nitrogens with one attached hydrogen (secondary N) is 1. The zero-order valence-corrected chi connectivity index (χ0v) is 11.1. The lowest BCUT2D eigenvalue weighted by Crippen LogP contribution is -2.54. The van der Waals surface area contributed by atoms with E-state index in [0.717, 1.165) is 12.2 Å². The number of anilines is 1. The SMILES string of the molecule is COc1cc(N2CCNC(C(=O)O)C2)cc2c1OCO2. The Hall–Kier alpha value is -2.15. The van der Waals surface area contributed by atoms with Crippen LogP contribution in [-0.4, -0.2) is 50.7 Å². The van der Waals surface area contributed by atoms with Crippen molar-refractivity contribution in [2.45, 2.75) is 6.04 Å². The second kappa shape index (κ2) is 5.09. The molecule has 1 unspecified atom stereocenters. The number of hydrogen-bond donors (Lipinski definition) is 2.